The van der Waals surface area contributed by atoms with Gasteiger partial charge in [-0.15, -0.1) is 0 Å². The Kier molecular flexibility index (Phi) is 6.05. The fourth-order valence-electron chi connectivity index (χ4n) is 2.95. The molecule has 2 rings (SSSR count). The average Bonchev–Trinajstić information content (AvgIpc) is 2.77. The third-order valence-electron chi connectivity index (χ3n) is 4.29. The first-order chi connectivity index (χ1) is 9.67. The van der Waals surface area contributed by atoms with E-state index in [9.17, 15) is 0 Å². The van der Waals surface area contributed by atoms with Crippen molar-refractivity contribution in [3.63, 3.8) is 0 Å². The van der Waals surface area contributed by atoms with Crippen LogP contribution in [0.5, 0.6) is 0 Å². The number of likely N-dealkylation sites (tertiary alicyclic amines) is 1. The minimum absolute atomic E-state index is 0.686. The first kappa shape index (κ1) is 16.0. The van der Waals surface area contributed by atoms with Gasteiger partial charge in [-0.2, -0.15) is 5.10 Å². The van der Waals surface area contributed by atoms with E-state index >= 15 is 0 Å². The number of nitrogens with one attached hydrogen (secondary N) is 1. The molecule has 4 nitrogen and oxygen atoms in total. The van der Waals surface area contributed by atoms with E-state index in [1.54, 1.807) is 0 Å². The largest absolute Gasteiger partial charge is 0.310 e. The minimum atomic E-state index is 0.686. The van der Waals surface area contributed by atoms with E-state index in [-0.39, 0.29) is 0 Å². The lowest BCUT2D eigenvalue weighted by molar-refractivity contribution is 0.181. The number of halogens is 1. The molecule has 1 aliphatic rings. The molecule has 1 saturated heterocycles. The van der Waals surface area contributed by atoms with Crippen LogP contribution in [0.25, 0.3) is 0 Å². The van der Waals surface area contributed by atoms with Crippen molar-refractivity contribution in [3.05, 3.63) is 15.9 Å². The Bertz CT molecular complexity index is 430. The molecule has 0 spiro atoms. The Labute approximate surface area is 131 Å². The fourth-order valence-corrected chi connectivity index (χ4v) is 3.65. The lowest BCUT2D eigenvalue weighted by atomic mass is 10.0. The quantitative estimate of drug-likeness (QED) is 0.862. The first-order valence-electron chi connectivity index (χ1n) is 7.82. The molecule has 0 aliphatic carbocycles. The van der Waals surface area contributed by atoms with Gasteiger partial charge in [0, 0.05) is 25.7 Å². The standard InChI is InChI=1S/C15H27BrN4/c1-4-13-15(16)14(20(5-2)18-13)11-17-10-12-8-6-7-9-19(12)3/h12,17H,4-11H2,1-3H3. The molecule has 0 saturated carbocycles. The van der Waals surface area contributed by atoms with Crippen LogP contribution in [0.4, 0.5) is 0 Å². The summed E-state index contributed by atoms with van der Waals surface area (Å²) >= 11 is 3.71. The maximum atomic E-state index is 4.65. The van der Waals surface area contributed by atoms with Crippen LogP contribution >= 0.6 is 15.9 Å². The van der Waals surface area contributed by atoms with Crippen molar-refractivity contribution in [3.8, 4) is 0 Å². The number of hydrogen-bond acceptors (Lipinski definition) is 3. The van der Waals surface area contributed by atoms with E-state index in [0.717, 1.165) is 26.1 Å². The summed E-state index contributed by atoms with van der Waals surface area (Å²) in [5.74, 6) is 0. The molecule has 20 heavy (non-hydrogen) atoms. The molecule has 1 atom stereocenters. The number of nitrogens with zero attached hydrogens (tertiary/aromatic N) is 3. The Hall–Kier alpha value is -0.390. The van der Waals surface area contributed by atoms with Crippen LogP contribution in [0, 0.1) is 0 Å². The van der Waals surface area contributed by atoms with Gasteiger partial charge in [0.15, 0.2) is 0 Å². The number of aromatic nitrogens is 2. The highest BCUT2D eigenvalue weighted by Gasteiger charge is 2.19. The van der Waals surface area contributed by atoms with Gasteiger partial charge in [0.05, 0.1) is 15.9 Å². The zero-order valence-corrected chi connectivity index (χ0v) is 14.5. The summed E-state index contributed by atoms with van der Waals surface area (Å²) in [6.07, 6.45) is 5.01. The highest BCUT2D eigenvalue weighted by atomic mass is 79.9. The Balaban J connectivity index is 1.91. The summed E-state index contributed by atoms with van der Waals surface area (Å²) in [7, 11) is 2.24. The topological polar surface area (TPSA) is 33.1 Å². The van der Waals surface area contributed by atoms with Gasteiger partial charge in [-0.3, -0.25) is 4.68 Å². The fraction of sp³-hybridized carbons (Fsp3) is 0.800. The van der Waals surface area contributed by atoms with Crippen molar-refractivity contribution >= 4 is 15.9 Å². The summed E-state index contributed by atoms with van der Waals surface area (Å²) < 4.78 is 3.30. The van der Waals surface area contributed by atoms with Gasteiger partial charge in [-0.1, -0.05) is 13.3 Å². The summed E-state index contributed by atoms with van der Waals surface area (Å²) in [5.41, 5.74) is 2.45. The van der Waals surface area contributed by atoms with E-state index in [0.29, 0.717) is 6.04 Å². The second-order valence-corrected chi connectivity index (χ2v) is 6.43. The van der Waals surface area contributed by atoms with E-state index in [4.69, 9.17) is 0 Å². The van der Waals surface area contributed by atoms with Gasteiger partial charge >= 0.3 is 0 Å². The minimum Gasteiger partial charge on any atom is -0.310 e. The predicted octanol–water partition coefficient (Wildman–Crippen LogP) is 2.80. The maximum absolute atomic E-state index is 4.65. The van der Waals surface area contributed by atoms with E-state index < -0.39 is 0 Å². The highest BCUT2D eigenvalue weighted by Crippen LogP contribution is 2.22. The number of piperidine rings is 1. The van der Waals surface area contributed by atoms with Crippen LogP contribution in [-0.4, -0.2) is 40.9 Å². The van der Waals surface area contributed by atoms with Crippen LogP contribution in [0.15, 0.2) is 4.47 Å². The van der Waals surface area contributed by atoms with Gasteiger partial charge in [-0.05, 0) is 55.7 Å². The molecular weight excluding hydrogens is 316 g/mol. The zero-order valence-electron chi connectivity index (χ0n) is 13.0. The van der Waals surface area contributed by atoms with Crippen molar-refractivity contribution < 1.29 is 0 Å². The molecule has 0 aromatic carbocycles. The summed E-state index contributed by atoms with van der Waals surface area (Å²) in [5, 5.41) is 8.27. The third-order valence-corrected chi connectivity index (χ3v) is 5.20. The van der Waals surface area contributed by atoms with Crippen LogP contribution in [0.2, 0.25) is 0 Å². The predicted molar refractivity (Wildman–Crippen MR) is 87.0 cm³/mol. The highest BCUT2D eigenvalue weighted by molar-refractivity contribution is 9.10. The molecule has 1 unspecified atom stereocenters. The number of aryl methyl sites for hydroxylation is 2. The number of hydrogen-bond donors (Lipinski definition) is 1. The monoisotopic (exact) mass is 342 g/mol. The normalized spacial score (nSPS) is 20.5. The van der Waals surface area contributed by atoms with Gasteiger partial charge < -0.3 is 10.2 Å². The van der Waals surface area contributed by atoms with Gasteiger partial charge in [0.2, 0.25) is 0 Å². The molecule has 2 heterocycles. The Morgan fingerprint density at radius 1 is 1.35 bits per heavy atom. The lowest BCUT2D eigenvalue weighted by Gasteiger charge is -2.32. The molecule has 1 fully saturated rings. The van der Waals surface area contributed by atoms with Crippen LogP contribution < -0.4 is 5.32 Å². The number of rotatable bonds is 6. The van der Waals surface area contributed by atoms with Gasteiger partial charge in [-0.25, -0.2) is 0 Å². The van der Waals surface area contributed by atoms with Crippen LogP contribution in [-0.2, 0) is 19.5 Å². The van der Waals surface area contributed by atoms with E-state index in [1.165, 1.54) is 41.7 Å². The lowest BCUT2D eigenvalue weighted by Crippen LogP contribution is -2.43. The molecule has 5 heteroatoms. The van der Waals surface area contributed by atoms with Crippen molar-refractivity contribution in [2.75, 3.05) is 20.1 Å². The molecule has 0 amide bonds. The molecule has 1 N–H and O–H groups in total. The van der Waals surface area contributed by atoms with Gasteiger partial charge in [0.1, 0.15) is 0 Å². The molecule has 1 aliphatic heterocycles. The maximum Gasteiger partial charge on any atom is 0.0767 e. The third kappa shape index (κ3) is 3.62. The molecule has 1 aromatic heterocycles. The van der Waals surface area contributed by atoms with Crippen LogP contribution in [0.3, 0.4) is 0 Å². The van der Waals surface area contributed by atoms with Crippen molar-refractivity contribution in [1.29, 1.82) is 0 Å². The SMILES string of the molecule is CCc1nn(CC)c(CNCC2CCCCN2C)c1Br. The second kappa shape index (κ2) is 7.57. The van der Waals surface area contributed by atoms with Crippen molar-refractivity contribution in [2.24, 2.45) is 0 Å². The van der Waals surface area contributed by atoms with Crippen LogP contribution in [0.1, 0.15) is 44.5 Å². The van der Waals surface area contributed by atoms with E-state index in [2.05, 4.69) is 56.8 Å². The smallest absolute Gasteiger partial charge is 0.0767 e. The van der Waals surface area contributed by atoms with Gasteiger partial charge in [0.25, 0.3) is 0 Å². The Morgan fingerprint density at radius 3 is 2.80 bits per heavy atom. The summed E-state index contributed by atoms with van der Waals surface area (Å²) in [6.45, 7) is 8.44. The molecule has 0 radical (unpaired) electrons. The molecule has 1 aromatic rings. The number of likely N-dealkylation sites (N-methyl/N-ethyl adjacent to an activating group) is 1. The molecular formula is C15H27BrN4. The average molecular weight is 343 g/mol. The van der Waals surface area contributed by atoms with Crippen molar-refractivity contribution in [2.45, 2.75) is 58.7 Å². The second-order valence-electron chi connectivity index (χ2n) is 5.64. The first-order valence-corrected chi connectivity index (χ1v) is 8.61. The molecule has 114 valence electrons. The Morgan fingerprint density at radius 2 is 2.15 bits per heavy atom. The summed E-state index contributed by atoms with van der Waals surface area (Å²) in [4.78, 5) is 2.49. The summed E-state index contributed by atoms with van der Waals surface area (Å²) in [6, 6.07) is 0.686. The van der Waals surface area contributed by atoms with Crippen molar-refractivity contribution in [1.82, 2.24) is 20.0 Å². The van der Waals surface area contributed by atoms with E-state index in [1.807, 2.05) is 0 Å². The zero-order chi connectivity index (χ0) is 14.5. The molecule has 0 bridgehead atoms.